The van der Waals surface area contributed by atoms with Crippen LogP contribution in [0.4, 0.5) is 0 Å². The van der Waals surface area contributed by atoms with Crippen molar-refractivity contribution < 1.29 is 9.53 Å². The van der Waals surface area contributed by atoms with E-state index >= 15 is 0 Å². The van der Waals surface area contributed by atoms with Crippen LogP contribution in [0.1, 0.15) is 24.5 Å². The zero-order chi connectivity index (χ0) is 13.1. The first-order valence-electron chi connectivity index (χ1n) is 5.68. The number of rotatable bonds is 4. The molecule has 0 aliphatic rings. The van der Waals surface area contributed by atoms with Gasteiger partial charge in [-0.05, 0) is 43.7 Å². The largest absolute Gasteiger partial charge is 0.491 e. The van der Waals surface area contributed by atoms with Crippen molar-refractivity contribution >= 4 is 5.91 Å². The maximum atomic E-state index is 10.9. The number of primary amides is 1. The molecule has 1 heterocycles. The SMILES string of the molecule is CC(C)Oc1ccc(-c2cnc(C(N)=O)[nH]2)cc1. The van der Waals surface area contributed by atoms with Gasteiger partial charge in [0.25, 0.3) is 5.91 Å². The van der Waals surface area contributed by atoms with Gasteiger partial charge in [-0.2, -0.15) is 0 Å². The average molecular weight is 245 g/mol. The Hall–Kier alpha value is -2.30. The molecule has 0 aliphatic heterocycles. The highest BCUT2D eigenvalue weighted by molar-refractivity contribution is 5.89. The Balaban J connectivity index is 2.20. The van der Waals surface area contributed by atoms with E-state index in [0.717, 1.165) is 17.0 Å². The van der Waals surface area contributed by atoms with E-state index in [4.69, 9.17) is 10.5 Å². The molecule has 0 saturated carbocycles. The van der Waals surface area contributed by atoms with Gasteiger partial charge in [0.15, 0.2) is 5.82 Å². The van der Waals surface area contributed by atoms with Crippen molar-refractivity contribution in [2.75, 3.05) is 0 Å². The lowest BCUT2D eigenvalue weighted by atomic mass is 10.1. The van der Waals surface area contributed by atoms with Crippen molar-refractivity contribution in [3.05, 3.63) is 36.3 Å². The number of imidazole rings is 1. The zero-order valence-electron chi connectivity index (χ0n) is 10.3. The number of nitrogens with two attached hydrogens (primary N) is 1. The maximum Gasteiger partial charge on any atom is 0.284 e. The van der Waals surface area contributed by atoms with Crippen molar-refractivity contribution in [2.45, 2.75) is 20.0 Å². The minimum atomic E-state index is -0.569. The molecule has 0 fully saturated rings. The van der Waals surface area contributed by atoms with Gasteiger partial charge < -0.3 is 15.5 Å². The molecular weight excluding hydrogens is 230 g/mol. The average Bonchev–Trinajstić information content (AvgIpc) is 2.78. The van der Waals surface area contributed by atoms with Gasteiger partial charge in [-0.25, -0.2) is 4.98 Å². The summed E-state index contributed by atoms with van der Waals surface area (Å²) in [6, 6.07) is 7.55. The predicted octanol–water partition coefficient (Wildman–Crippen LogP) is 1.96. The number of carbonyl (C=O) groups excluding carboxylic acids is 1. The quantitative estimate of drug-likeness (QED) is 0.864. The lowest BCUT2D eigenvalue weighted by Crippen LogP contribution is -2.12. The number of nitrogens with one attached hydrogen (secondary N) is 1. The number of nitrogens with zero attached hydrogens (tertiary/aromatic N) is 1. The van der Waals surface area contributed by atoms with E-state index in [2.05, 4.69) is 9.97 Å². The van der Waals surface area contributed by atoms with E-state index < -0.39 is 5.91 Å². The number of aromatic nitrogens is 2. The van der Waals surface area contributed by atoms with Gasteiger partial charge in [-0.1, -0.05) is 0 Å². The Kier molecular flexibility index (Phi) is 3.32. The highest BCUT2D eigenvalue weighted by Gasteiger charge is 2.07. The standard InChI is InChI=1S/C13H15N3O2/c1-8(2)18-10-5-3-9(4-6-10)11-7-15-13(16-11)12(14)17/h3-8H,1-2H3,(H2,14,17)(H,15,16). The van der Waals surface area contributed by atoms with Crippen molar-refractivity contribution in [1.82, 2.24) is 9.97 Å². The number of benzene rings is 1. The number of carbonyl (C=O) groups is 1. The molecule has 0 spiro atoms. The van der Waals surface area contributed by atoms with E-state index in [1.807, 2.05) is 38.1 Å². The maximum absolute atomic E-state index is 10.9. The molecule has 2 rings (SSSR count). The number of aromatic amines is 1. The number of amides is 1. The molecule has 1 aromatic heterocycles. The summed E-state index contributed by atoms with van der Waals surface area (Å²) in [7, 11) is 0. The monoisotopic (exact) mass is 245 g/mol. The molecule has 5 heteroatoms. The van der Waals surface area contributed by atoms with Crippen molar-refractivity contribution in [2.24, 2.45) is 5.73 Å². The molecule has 18 heavy (non-hydrogen) atoms. The molecule has 2 aromatic rings. The van der Waals surface area contributed by atoms with Crippen LogP contribution >= 0.6 is 0 Å². The summed E-state index contributed by atoms with van der Waals surface area (Å²) in [4.78, 5) is 17.7. The van der Waals surface area contributed by atoms with Gasteiger partial charge >= 0.3 is 0 Å². The predicted molar refractivity (Wildman–Crippen MR) is 68.3 cm³/mol. The Labute approximate surface area is 105 Å². The Morgan fingerprint density at radius 2 is 2.00 bits per heavy atom. The molecule has 3 N–H and O–H groups in total. The number of hydrogen-bond donors (Lipinski definition) is 2. The summed E-state index contributed by atoms with van der Waals surface area (Å²) in [6.45, 7) is 3.95. The van der Waals surface area contributed by atoms with Crippen molar-refractivity contribution in [3.8, 4) is 17.0 Å². The van der Waals surface area contributed by atoms with Gasteiger partial charge in [-0.3, -0.25) is 4.79 Å². The van der Waals surface area contributed by atoms with Crippen LogP contribution in [0.25, 0.3) is 11.3 Å². The fraction of sp³-hybridized carbons (Fsp3) is 0.231. The van der Waals surface area contributed by atoms with Gasteiger partial charge in [-0.15, -0.1) is 0 Å². The normalized spacial score (nSPS) is 10.6. The lowest BCUT2D eigenvalue weighted by Gasteiger charge is -2.09. The molecule has 1 amide bonds. The molecular formula is C13H15N3O2. The zero-order valence-corrected chi connectivity index (χ0v) is 10.3. The van der Waals surface area contributed by atoms with E-state index in [0.29, 0.717) is 0 Å². The Morgan fingerprint density at radius 3 is 2.50 bits per heavy atom. The van der Waals surface area contributed by atoms with Crippen LogP contribution in [0.15, 0.2) is 30.5 Å². The van der Waals surface area contributed by atoms with Crippen LogP contribution < -0.4 is 10.5 Å². The molecule has 0 atom stereocenters. The van der Waals surface area contributed by atoms with Gasteiger partial charge in [0.05, 0.1) is 18.0 Å². The van der Waals surface area contributed by atoms with Crippen LogP contribution in [0.2, 0.25) is 0 Å². The van der Waals surface area contributed by atoms with E-state index in [1.54, 1.807) is 6.20 Å². The fourth-order valence-electron chi connectivity index (χ4n) is 1.58. The molecule has 5 nitrogen and oxygen atoms in total. The molecule has 0 radical (unpaired) electrons. The van der Waals surface area contributed by atoms with Crippen LogP contribution in [0, 0.1) is 0 Å². The van der Waals surface area contributed by atoms with Crippen LogP contribution in [0.3, 0.4) is 0 Å². The first-order chi connectivity index (χ1) is 8.56. The third-order valence-corrected chi connectivity index (χ3v) is 2.35. The molecule has 0 bridgehead atoms. The number of H-pyrrole nitrogens is 1. The molecule has 0 aliphatic carbocycles. The second-order valence-corrected chi connectivity index (χ2v) is 4.20. The topological polar surface area (TPSA) is 81.0 Å². The Bertz CT molecular complexity index is 544. The third kappa shape index (κ3) is 2.68. The van der Waals surface area contributed by atoms with Crippen molar-refractivity contribution in [3.63, 3.8) is 0 Å². The van der Waals surface area contributed by atoms with E-state index in [1.165, 1.54) is 0 Å². The molecule has 0 saturated heterocycles. The first kappa shape index (κ1) is 12.2. The second kappa shape index (κ2) is 4.91. The Morgan fingerprint density at radius 1 is 1.33 bits per heavy atom. The summed E-state index contributed by atoms with van der Waals surface area (Å²) >= 11 is 0. The molecule has 1 aromatic carbocycles. The fourth-order valence-corrected chi connectivity index (χ4v) is 1.58. The van der Waals surface area contributed by atoms with Gasteiger partial charge in [0, 0.05) is 0 Å². The van der Waals surface area contributed by atoms with Gasteiger partial charge in [0.2, 0.25) is 0 Å². The minimum absolute atomic E-state index is 0.143. The van der Waals surface area contributed by atoms with Crippen LogP contribution in [-0.2, 0) is 0 Å². The van der Waals surface area contributed by atoms with Crippen LogP contribution in [0.5, 0.6) is 5.75 Å². The highest BCUT2D eigenvalue weighted by Crippen LogP contribution is 2.21. The first-order valence-corrected chi connectivity index (χ1v) is 5.68. The van der Waals surface area contributed by atoms with Gasteiger partial charge in [0.1, 0.15) is 5.75 Å². The summed E-state index contributed by atoms with van der Waals surface area (Å²) in [5.74, 6) is 0.400. The van der Waals surface area contributed by atoms with Crippen molar-refractivity contribution in [1.29, 1.82) is 0 Å². The summed E-state index contributed by atoms with van der Waals surface area (Å²) in [5, 5.41) is 0. The van der Waals surface area contributed by atoms with Crippen LogP contribution in [-0.4, -0.2) is 22.0 Å². The summed E-state index contributed by atoms with van der Waals surface area (Å²) < 4.78 is 5.55. The lowest BCUT2D eigenvalue weighted by molar-refractivity contribution is 0.0991. The number of ether oxygens (including phenoxy) is 1. The molecule has 0 unspecified atom stereocenters. The highest BCUT2D eigenvalue weighted by atomic mass is 16.5. The molecule has 94 valence electrons. The summed E-state index contributed by atoms with van der Waals surface area (Å²) in [6.07, 6.45) is 1.72. The number of hydrogen-bond acceptors (Lipinski definition) is 3. The second-order valence-electron chi connectivity index (χ2n) is 4.20. The van der Waals surface area contributed by atoms with E-state index in [-0.39, 0.29) is 11.9 Å². The minimum Gasteiger partial charge on any atom is -0.491 e. The third-order valence-electron chi connectivity index (χ3n) is 2.35. The van der Waals surface area contributed by atoms with E-state index in [9.17, 15) is 4.79 Å². The summed E-state index contributed by atoms with van der Waals surface area (Å²) in [5.41, 5.74) is 6.80. The smallest absolute Gasteiger partial charge is 0.284 e.